The summed E-state index contributed by atoms with van der Waals surface area (Å²) in [5, 5.41) is 4.30. The van der Waals surface area contributed by atoms with Gasteiger partial charge in [0.05, 0.1) is 0 Å². The average molecular weight is 320 g/mol. The maximum Gasteiger partial charge on any atom is 0.0451 e. The van der Waals surface area contributed by atoms with Crippen LogP contribution in [0.1, 0.15) is 19.4 Å². The van der Waals surface area contributed by atoms with Gasteiger partial charge in [0, 0.05) is 28.6 Å². The standard InChI is InChI=1S/C13H20BrClN2/c1-4-17(3)9-10(2)16-8-11-7-12(14)5-6-13(11)15/h5-7,10,16H,4,8-9H2,1-3H3. The Bertz CT molecular complexity index is 357. The van der Waals surface area contributed by atoms with Crippen LogP contribution in [0.3, 0.4) is 0 Å². The molecule has 0 aliphatic heterocycles. The van der Waals surface area contributed by atoms with E-state index in [1.807, 2.05) is 12.1 Å². The van der Waals surface area contributed by atoms with E-state index in [0.29, 0.717) is 6.04 Å². The highest BCUT2D eigenvalue weighted by Crippen LogP contribution is 2.20. The Morgan fingerprint density at radius 3 is 2.82 bits per heavy atom. The van der Waals surface area contributed by atoms with Gasteiger partial charge in [-0.15, -0.1) is 0 Å². The van der Waals surface area contributed by atoms with Crippen molar-refractivity contribution in [2.24, 2.45) is 0 Å². The molecule has 0 bridgehead atoms. The minimum Gasteiger partial charge on any atom is -0.309 e. The van der Waals surface area contributed by atoms with Crippen LogP contribution in [0.25, 0.3) is 0 Å². The fourth-order valence-electron chi connectivity index (χ4n) is 1.62. The van der Waals surface area contributed by atoms with Gasteiger partial charge in [0.15, 0.2) is 0 Å². The van der Waals surface area contributed by atoms with E-state index in [1.165, 1.54) is 0 Å². The van der Waals surface area contributed by atoms with Crippen LogP contribution in [-0.2, 0) is 6.54 Å². The molecule has 0 fully saturated rings. The van der Waals surface area contributed by atoms with Crippen molar-refractivity contribution >= 4 is 27.5 Å². The van der Waals surface area contributed by atoms with E-state index in [4.69, 9.17) is 11.6 Å². The molecule has 0 saturated heterocycles. The number of hydrogen-bond donors (Lipinski definition) is 1. The second-order valence-electron chi connectivity index (χ2n) is 4.37. The third-order valence-electron chi connectivity index (χ3n) is 2.77. The molecule has 0 amide bonds. The summed E-state index contributed by atoms with van der Waals surface area (Å²) in [7, 11) is 2.13. The molecule has 17 heavy (non-hydrogen) atoms. The number of benzene rings is 1. The molecule has 4 heteroatoms. The van der Waals surface area contributed by atoms with Gasteiger partial charge in [-0.1, -0.05) is 34.5 Å². The Balaban J connectivity index is 2.47. The molecule has 1 aromatic rings. The van der Waals surface area contributed by atoms with Gasteiger partial charge in [-0.25, -0.2) is 0 Å². The molecule has 0 saturated carbocycles. The molecular formula is C13H20BrClN2. The second kappa shape index (κ2) is 7.37. The summed E-state index contributed by atoms with van der Waals surface area (Å²) < 4.78 is 1.07. The minimum atomic E-state index is 0.454. The summed E-state index contributed by atoms with van der Waals surface area (Å²) in [6.07, 6.45) is 0. The second-order valence-corrected chi connectivity index (χ2v) is 5.70. The Labute approximate surface area is 117 Å². The van der Waals surface area contributed by atoms with Crippen LogP contribution in [0, 0.1) is 0 Å². The van der Waals surface area contributed by atoms with Gasteiger partial charge in [-0.05, 0) is 44.3 Å². The first kappa shape index (κ1) is 15.0. The van der Waals surface area contributed by atoms with Gasteiger partial charge in [-0.3, -0.25) is 0 Å². The van der Waals surface area contributed by atoms with E-state index in [2.05, 4.69) is 53.1 Å². The predicted octanol–water partition coefficient (Wildman–Crippen LogP) is 3.53. The van der Waals surface area contributed by atoms with Crippen molar-refractivity contribution in [3.63, 3.8) is 0 Å². The first-order chi connectivity index (χ1) is 8.02. The van der Waals surface area contributed by atoms with Crippen LogP contribution >= 0.6 is 27.5 Å². The van der Waals surface area contributed by atoms with Gasteiger partial charge in [0.1, 0.15) is 0 Å². The van der Waals surface area contributed by atoms with Crippen molar-refractivity contribution in [2.45, 2.75) is 26.4 Å². The van der Waals surface area contributed by atoms with Crippen LogP contribution in [-0.4, -0.2) is 31.1 Å². The highest BCUT2D eigenvalue weighted by atomic mass is 79.9. The average Bonchev–Trinajstić information content (AvgIpc) is 2.30. The van der Waals surface area contributed by atoms with Crippen LogP contribution in [0.2, 0.25) is 5.02 Å². The quantitative estimate of drug-likeness (QED) is 0.863. The van der Waals surface area contributed by atoms with Crippen LogP contribution in [0.15, 0.2) is 22.7 Å². The van der Waals surface area contributed by atoms with Crippen LogP contribution < -0.4 is 5.32 Å². The topological polar surface area (TPSA) is 15.3 Å². The van der Waals surface area contributed by atoms with E-state index in [-0.39, 0.29) is 0 Å². The molecule has 1 rings (SSSR count). The summed E-state index contributed by atoms with van der Waals surface area (Å²) >= 11 is 9.60. The van der Waals surface area contributed by atoms with Crippen molar-refractivity contribution in [1.29, 1.82) is 0 Å². The highest BCUT2D eigenvalue weighted by Gasteiger charge is 2.06. The molecule has 0 aliphatic carbocycles. The molecule has 2 nitrogen and oxygen atoms in total. The van der Waals surface area contributed by atoms with Crippen molar-refractivity contribution in [2.75, 3.05) is 20.1 Å². The predicted molar refractivity (Wildman–Crippen MR) is 78.6 cm³/mol. The molecule has 0 aliphatic rings. The van der Waals surface area contributed by atoms with Crippen LogP contribution in [0.4, 0.5) is 0 Å². The smallest absolute Gasteiger partial charge is 0.0451 e. The zero-order valence-corrected chi connectivity index (χ0v) is 13.0. The maximum absolute atomic E-state index is 6.14. The molecule has 1 unspecified atom stereocenters. The first-order valence-corrected chi connectivity index (χ1v) is 7.06. The van der Waals surface area contributed by atoms with Gasteiger partial charge in [-0.2, -0.15) is 0 Å². The number of rotatable bonds is 6. The Morgan fingerprint density at radius 1 is 1.47 bits per heavy atom. The lowest BCUT2D eigenvalue weighted by Crippen LogP contribution is -2.36. The van der Waals surface area contributed by atoms with Crippen molar-refractivity contribution in [3.8, 4) is 0 Å². The number of nitrogens with zero attached hydrogens (tertiary/aromatic N) is 1. The summed E-state index contributed by atoms with van der Waals surface area (Å²) in [6, 6.07) is 6.40. The van der Waals surface area contributed by atoms with E-state index in [0.717, 1.165) is 34.7 Å². The van der Waals surface area contributed by atoms with Gasteiger partial charge >= 0.3 is 0 Å². The number of hydrogen-bond acceptors (Lipinski definition) is 2. The summed E-state index contributed by atoms with van der Waals surface area (Å²) in [5.74, 6) is 0. The lowest BCUT2D eigenvalue weighted by Gasteiger charge is -2.21. The largest absolute Gasteiger partial charge is 0.309 e. The van der Waals surface area contributed by atoms with E-state index in [9.17, 15) is 0 Å². The maximum atomic E-state index is 6.14. The Morgan fingerprint density at radius 2 is 2.18 bits per heavy atom. The molecule has 0 spiro atoms. The van der Waals surface area contributed by atoms with Gasteiger partial charge in [0.2, 0.25) is 0 Å². The number of halogens is 2. The van der Waals surface area contributed by atoms with Crippen molar-refractivity contribution in [3.05, 3.63) is 33.3 Å². The molecular weight excluding hydrogens is 300 g/mol. The van der Waals surface area contributed by atoms with Crippen LogP contribution in [0.5, 0.6) is 0 Å². The third kappa shape index (κ3) is 5.38. The third-order valence-corrected chi connectivity index (χ3v) is 3.64. The minimum absolute atomic E-state index is 0.454. The fraction of sp³-hybridized carbons (Fsp3) is 0.538. The highest BCUT2D eigenvalue weighted by molar-refractivity contribution is 9.10. The molecule has 0 aromatic heterocycles. The van der Waals surface area contributed by atoms with Gasteiger partial charge in [0.25, 0.3) is 0 Å². The zero-order chi connectivity index (χ0) is 12.8. The number of likely N-dealkylation sites (N-methyl/N-ethyl adjacent to an activating group) is 1. The van der Waals surface area contributed by atoms with Gasteiger partial charge < -0.3 is 10.2 Å². The summed E-state index contributed by atoms with van der Waals surface area (Å²) in [6.45, 7) is 7.28. The fourth-order valence-corrected chi connectivity index (χ4v) is 2.22. The normalized spacial score (nSPS) is 13.1. The summed E-state index contributed by atoms with van der Waals surface area (Å²) in [5.41, 5.74) is 1.13. The molecule has 96 valence electrons. The zero-order valence-electron chi connectivity index (χ0n) is 10.6. The number of nitrogens with one attached hydrogen (secondary N) is 1. The SMILES string of the molecule is CCN(C)CC(C)NCc1cc(Br)ccc1Cl. The molecule has 1 atom stereocenters. The monoisotopic (exact) mass is 318 g/mol. The van der Waals surface area contributed by atoms with E-state index < -0.39 is 0 Å². The Kier molecular flexibility index (Phi) is 6.49. The lowest BCUT2D eigenvalue weighted by atomic mass is 10.2. The molecule has 0 radical (unpaired) electrons. The molecule has 1 N–H and O–H groups in total. The van der Waals surface area contributed by atoms with E-state index in [1.54, 1.807) is 0 Å². The molecule has 0 heterocycles. The Hall–Kier alpha value is -0.0900. The van der Waals surface area contributed by atoms with Crippen molar-refractivity contribution in [1.82, 2.24) is 10.2 Å². The lowest BCUT2D eigenvalue weighted by molar-refractivity contribution is 0.309. The van der Waals surface area contributed by atoms with E-state index >= 15 is 0 Å². The molecule has 1 aromatic carbocycles. The first-order valence-electron chi connectivity index (χ1n) is 5.88. The summed E-state index contributed by atoms with van der Waals surface area (Å²) in [4.78, 5) is 2.29. The van der Waals surface area contributed by atoms with Crippen molar-refractivity contribution < 1.29 is 0 Å².